The van der Waals surface area contributed by atoms with Crippen molar-refractivity contribution in [2.75, 3.05) is 6.54 Å². The lowest BCUT2D eigenvalue weighted by Gasteiger charge is -2.47. The molecule has 2 fully saturated rings. The van der Waals surface area contributed by atoms with Gasteiger partial charge >= 0.3 is 0 Å². The number of aryl methyl sites for hydroxylation is 2. The van der Waals surface area contributed by atoms with Gasteiger partial charge in [-0.1, -0.05) is 23.8 Å². The van der Waals surface area contributed by atoms with E-state index in [4.69, 9.17) is 10.5 Å². The van der Waals surface area contributed by atoms with Crippen LogP contribution in [0.3, 0.4) is 0 Å². The topological polar surface area (TPSA) is 55.5 Å². The van der Waals surface area contributed by atoms with E-state index in [0.29, 0.717) is 6.54 Å². The lowest BCUT2D eigenvalue weighted by Crippen LogP contribution is -2.54. The summed E-state index contributed by atoms with van der Waals surface area (Å²) in [6.07, 6.45) is 3.36. The molecule has 0 aliphatic carbocycles. The van der Waals surface area contributed by atoms with E-state index in [-0.39, 0.29) is 17.6 Å². The van der Waals surface area contributed by atoms with Crippen molar-refractivity contribution in [1.29, 1.82) is 0 Å². The van der Waals surface area contributed by atoms with Crippen LogP contribution in [0.2, 0.25) is 0 Å². The van der Waals surface area contributed by atoms with Crippen molar-refractivity contribution in [3.05, 3.63) is 34.9 Å². The van der Waals surface area contributed by atoms with Crippen LogP contribution in [0.1, 0.15) is 42.9 Å². The maximum Gasteiger partial charge on any atom is 0.0965 e. The van der Waals surface area contributed by atoms with E-state index in [0.717, 1.165) is 30.4 Å². The molecule has 110 valence electrons. The SMILES string of the molecule is Cc1ccc(C)c(C(C)(O)C2(CN)CC3CCC2O3)c1. The minimum Gasteiger partial charge on any atom is -0.385 e. The third-order valence-electron chi connectivity index (χ3n) is 5.57. The van der Waals surface area contributed by atoms with Crippen LogP contribution >= 0.6 is 0 Å². The maximum atomic E-state index is 11.4. The van der Waals surface area contributed by atoms with E-state index in [9.17, 15) is 5.11 Å². The Morgan fingerprint density at radius 3 is 2.70 bits per heavy atom. The van der Waals surface area contributed by atoms with Crippen molar-refractivity contribution in [2.24, 2.45) is 11.1 Å². The first-order chi connectivity index (χ1) is 9.40. The molecular weight excluding hydrogens is 250 g/mol. The van der Waals surface area contributed by atoms with Crippen LogP contribution in [0, 0.1) is 19.3 Å². The second kappa shape index (κ2) is 4.55. The highest BCUT2D eigenvalue weighted by Gasteiger charge is 2.61. The van der Waals surface area contributed by atoms with Gasteiger partial charge in [0.05, 0.1) is 17.8 Å². The highest BCUT2D eigenvalue weighted by atomic mass is 16.5. The predicted octanol–water partition coefficient (Wildman–Crippen LogP) is 2.41. The average Bonchev–Trinajstić information content (AvgIpc) is 3.02. The molecule has 1 aromatic rings. The van der Waals surface area contributed by atoms with Crippen molar-refractivity contribution in [2.45, 2.75) is 57.8 Å². The summed E-state index contributed by atoms with van der Waals surface area (Å²) >= 11 is 0. The van der Waals surface area contributed by atoms with Gasteiger partial charge in [-0.25, -0.2) is 0 Å². The molecule has 0 aromatic heterocycles. The number of hydrogen-bond donors (Lipinski definition) is 2. The van der Waals surface area contributed by atoms with Gasteiger partial charge in [0.15, 0.2) is 0 Å². The molecule has 3 nitrogen and oxygen atoms in total. The molecule has 4 atom stereocenters. The van der Waals surface area contributed by atoms with Crippen molar-refractivity contribution in [1.82, 2.24) is 0 Å². The number of ether oxygens (including phenoxy) is 1. The van der Waals surface area contributed by atoms with Gasteiger partial charge in [-0.2, -0.15) is 0 Å². The smallest absolute Gasteiger partial charge is 0.0965 e. The molecule has 4 unspecified atom stereocenters. The van der Waals surface area contributed by atoms with Crippen LogP contribution in [-0.4, -0.2) is 23.9 Å². The normalized spacial score (nSPS) is 35.2. The van der Waals surface area contributed by atoms with E-state index in [2.05, 4.69) is 32.0 Å². The monoisotopic (exact) mass is 275 g/mol. The summed E-state index contributed by atoms with van der Waals surface area (Å²) in [5, 5.41) is 11.4. The standard InChI is InChI=1S/C17H25NO2/c1-11-4-5-12(2)14(8-11)16(3,19)17(10-18)9-13-6-7-15(17)20-13/h4-5,8,13,15,19H,6-7,9-10,18H2,1-3H3. The third kappa shape index (κ3) is 1.77. The maximum absolute atomic E-state index is 11.4. The quantitative estimate of drug-likeness (QED) is 0.890. The second-order valence-corrected chi connectivity index (χ2v) is 6.78. The third-order valence-corrected chi connectivity index (χ3v) is 5.57. The Morgan fingerprint density at radius 1 is 1.40 bits per heavy atom. The number of hydrogen-bond acceptors (Lipinski definition) is 3. The molecule has 3 heteroatoms. The number of aliphatic hydroxyl groups is 1. The Bertz CT molecular complexity index is 526. The minimum atomic E-state index is -0.947. The molecule has 0 radical (unpaired) electrons. The largest absolute Gasteiger partial charge is 0.385 e. The summed E-state index contributed by atoms with van der Waals surface area (Å²) in [6, 6.07) is 6.26. The molecule has 0 amide bonds. The Kier molecular flexibility index (Phi) is 3.20. The first kappa shape index (κ1) is 14.1. The van der Waals surface area contributed by atoms with E-state index < -0.39 is 5.60 Å². The van der Waals surface area contributed by atoms with Crippen LogP contribution in [0.5, 0.6) is 0 Å². The molecule has 0 spiro atoms. The van der Waals surface area contributed by atoms with Crippen LogP contribution in [0.15, 0.2) is 18.2 Å². The van der Waals surface area contributed by atoms with Gasteiger partial charge in [0, 0.05) is 12.0 Å². The molecule has 2 saturated heterocycles. The molecule has 1 aromatic carbocycles. The van der Waals surface area contributed by atoms with E-state index in [1.165, 1.54) is 5.56 Å². The van der Waals surface area contributed by atoms with Gasteiger partial charge in [-0.15, -0.1) is 0 Å². The van der Waals surface area contributed by atoms with Crippen molar-refractivity contribution >= 4 is 0 Å². The van der Waals surface area contributed by atoms with Gasteiger partial charge in [0.2, 0.25) is 0 Å². The molecule has 2 aliphatic rings. The van der Waals surface area contributed by atoms with Gasteiger partial charge in [-0.3, -0.25) is 0 Å². The first-order valence-electron chi connectivity index (χ1n) is 7.56. The average molecular weight is 275 g/mol. The zero-order chi connectivity index (χ0) is 14.5. The van der Waals surface area contributed by atoms with Gasteiger partial charge < -0.3 is 15.6 Å². The second-order valence-electron chi connectivity index (χ2n) is 6.78. The Hall–Kier alpha value is -0.900. The lowest BCUT2D eigenvalue weighted by molar-refractivity contribution is -0.105. The Labute approximate surface area is 121 Å². The van der Waals surface area contributed by atoms with E-state index in [1.54, 1.807) is 0 Å². The number of benzene rings is 1. The van der Waals surface area contributed by atoms with Gasteiger partial charge in [0.25, 0.3) is 0 Å². The van der Waals surface area contributed by atoms with Crippen molar-refractivity contribution < 1.29 is 9.84 Å². The number of rotatable bonds is 3. The molecule has 3 N–H and O–H groups in total. The van der Waals surface area contributed by atoms with E-state index in [1.807, 2.05) is 6.92 Å². The minimum absolute atomic E-state index is 0.0902. The highest BCUT2D eigenvalue weighted by Crippen LogP contribution is 2.56. The summed E-state index contributed by atoms with van der Waals surface area (Å²) in [5.41, 5.74) is 8.12. The summed E-state index contributed by atoms with van der Waals surface area (Å²) < 4.78 is 6.02. The predicted molar refractivity (Wildman–Crippen MR) is 79.5 cm³/mol. The zero-order valence-electron chi connectivity index (χ0n) is 12.6. The zero-order valence-corrected chi connectivity index (χ0v) is 12.6. The van der Waals surface area contributed by atoms with Crippen LogP contribution in [0.25, 0.3) is 0 Å². The molecular formula is C17H25NO2. The molecule has 3 rings (SSSR count). The fourth-order valence-electron chi connectivity index (χ4n) is 4.25. The highest BCUT2D eigenvalue weighted by molar-refractivity contribution is 5.37. The van der Waals surface area contributed by atoms with E-state index >= 15 is 0 Å². The lowest BCUT2D eigenvalue weighted by atomic mass is 9.61. The molecule has 20 heavy (non-hydrogen) atoms. The summed E-state index contributed by atoms with van der Waals surface area (Å²) in [4.78, 5) is 0. The Morgan fingerprint density at radius 2 is 2.15 bits per heavy atom. The molecule has 2 bridgehead atoms. The van der Waals surface area contributed by atoms with Crippen LogP contribution in [-0.2, 0) is 10.3 Å². The number of fused-ring (bicyclic) bond motifs is 2. The fourth-order valence-corrected chi connectivity index (χ4v) is 4.25. The van der Waals surface area contributed by atoms with Crippen molar-refractivity contribution in [3.63, 3.8) is 0 Å². The molecule has 2 heterocycles. The summed E-state index contributed by atoms with van der Waals surface area (Å²) in [5.74, 6) is 0. The van der Waals surface area contributed by atoms with Crippen LogP contribution in [0.4, 0.5) is 0 Å². The number of nitrogens with two attached hydrogens (primary N) is 1. The fraction of sp³-hybridized carbons (Fsp3) is 0.647. The summed E-state index contributed by atoms with van der Waals surface area (Å²) in [6.45, 7) is 6.51. The Balaban J connectivity index is 2.08. The van der Waals surface area contributed by atoms with Crippen LogP contribution < -0.4 is 5.73 Å². The van der Waals surface area contributed by atoms with Crippen molar-refractivity contribution in [3.8, 4) is 0 Å². The summed E-state index contributed by atoms with van der Waals surface area (Å²) in [7, 11) is 0. The van der Waals surface area contributed by atoms with Gasteiger partial charge in [-0.05, 0) is 51.2 Å². The molecule has 0 saturated carbocycles. The molecule has 2 aliphatic heterocycles. The first-order valence-corrected chi connectivity index (χ1v) is 7.56. The van der Waals surface area contributed by atoms with Gasteiger partial charge in [0.1, 0.15) is 0 Å².